The molecule has 21 heavy (non-hydrogen) atoms. The molecule has 1 saturated heterocycles. The van der Waals surface area contributed by atoms with Crippen LogP contribution < -0.4 is 10.2 Å². The summed E-state index contributed by atoms with van der Waals surface area (Å²) < 4.78 is 0. The van der Waals surface area contributed by atoms with Gasteiger partial charge in [-0.15, -0.1) is 0 Å². The SMILES string of the molecule is CC(C)(C)NC1CCN(c2ncc3nc(O)ccc3n2)C1. The molecule has 0 spiro atoms. The van der Waals surface area contributed by atoms with E-state index in [2.05, 4.69) is 45.9 Å². The number of fused-ring (bicyclic) bond motifs is 1. The lowest BCUT2D eigenvalue weighted by atomic mass is 10.1. The summed E-state index contributed by atoms with van der Waals surface area (Å²) in [6, 6.07) is 3.78. The van der Waals surface area contributed by atoms with Crippen molar-refractivity contribution in [2.24, 2.45) is 0 Å². The molecule has 0 radical (unpaired) electrons. The second-order valence-corrected chi connectivity index (χ2v) is 6.57. The summed E-state index contributed by atoms with van der Waals surface area (Å²) in [5.41, 5.74) is 1.49. The van der Waals surface area contributed by atoms with Gasteiger partial charge in [0.2, 0.25) is 11.8 Å². The minimum atomic E-state index is -0.00513. The van der Waals surface area contributed by atoms with E-state index >= 15 is 0 Å². The first kappa shape index (κ1) is 14.0. The van der Waals surface area contributed by atoms with Crippen molar-refractivity contribution in [1.82, 2.24) is 20.3 Å². The van der Waals surface area contributed by atoms with Gasteiger partial charge in [0, 0.05) is 30.7 Å². The molecular weight excluding hydrogens is 266 g/mol. The van der Waals surface area contributed by atoms with Gasteiger partial charge in [0.15, 0.2) is 0 Å². The number of nitrogens with zero attached hydrogens (tertiary/aromatic N) is 4. The van der Waals surface area contributed by atoms with Crippen LogP contribution in [0.2, 0.25) is 0 Å². The third-order valence-electron chi connectivity index (χ3n) is 3.52. The summed E-state index contributed by atoms with van der Waals surface area (Å²) in [6.07, 6.45) is 2.76. The smallest absolute Gasteiger partial charge is 0.226 e. The van der Waals surface area contributed by atoms with Crippen LogP contribution in [-0.4, -0.2) is 44.7 Å². The Bertz CT molecular complexity index is 652. The Balaban J connectivity index is 1.77. The Hall–Kier alpha value is -1.95. The largest absolute Gasteiger partial charge is 0.493 e. The van der Waals surface area contributed by atoms with Gasteiger partial charge in [-0.2, -0.15) is 0 Å². The molecule has 0 bridgehead atoms. The zero-order valence-electron chi connectivity index (χ0n) is 12.7. The highest BCUT2D eigenvalue weighted by Crippen LogP contribution is 2.20. The molecule has 0 saturated carbocycles. The van der Waals surface area contributed by atoms with Gasteiger partial charge < -0.3 is 15.3 Å². The van der Waals surface area contributed by atoms with Crippen LogP contribution in [0.5, 0.6) is 5.88 Å². The van der Waals surface area contributed by atoms with Gasteiger partial charge in [0.25, 0.3) is 0 Å². The van der Waals surface area contributed by atoms with Crippen molar-refractivity contribution in [3.8, 4) is 5.88 Å². The molecule has 3 heterocycles. The number of nitrogens with one attached hydrogen (secondary N) is 1. The minimum absolute atomic E-state index is 0.00513. The fraction of sp³-hybridized carbons (Fsp3) is 0.533. The van der Waals surface area contributed by atoms with Crippen LogP contribution in [0.1, 0.15) is 27.2 Å². The Morgan fingerprint density at radius 3 is 2.81 bits per heavy atom. The predicted octanol–water partition coefficient (Wildman–Crippen LogP) is 1.70. The molecule has 2 aromatic heterocycles. The lowest BCUT2D eigenvalue weighted by molar-refractivity contribution is 0.373. The molecule has 2 aromatic rings. The summed E-state index contributed by atoms with van der Waals surface area (Å²) >= 11 is 0. The number of aromatic nitrogens is 3. The maximum Gasteiger partial charge on any atom is 0.226 e. The summed E-state index contributed by atoms with van der Waals surface area (Å²) in [5.74, 6) is 0.725. The summed E-state index contributed by atoms with van der Waals surface area (Å²) in [7, 11) is 0. The molecule has 2 N–H and O–H groups in total. The van der Waals surface area contributed by atoms with Crippen molar-refractivity contribution in [3.63, 3.8) is 0 Å². The quantitative estimate of drug-likeness (QED) is 0.875. The van der Waals surface area contributed by atoms with Crippen molar-refractivity contribution in [2.45, 2.75) is 38.8 Å². The molecule has 1 unspecified atom stereocenters. The molecule has 1 aliphatic rings. The topological polar surface area (TPSA) is 74.2 Å². The van der Waals surface area contributed by atoms with Gasteiger partial charge in [-0.25, -0.2) is 15.0 Å². The molecule has 1 fully saturated rings. The van der Waals surface area contributed by atoms with Crippen LogP contribution in [-0.2, 0) is 0 Å². The van der Waals surface area contributed by atoms with Crippen LogP contribution >= 0.6 is 0 Å². The van der Waals surface area contributed by atoms with Crippen molar-refractivity contribution >= 4 is 17.0 Å². The van der Waals surface area contributed by atoms with E-state index in [9.17, 15) is 5.11 Å². The van der Waals surface area contributed by atoms with Gasteiger partial charge in [0.1, 0.15) is 5.52 Å². The van der Waals surface area contributed by atoms with E-state index in [0.29, 0.717) is 11.6 Å². The Morgan fingerprint density at radius 2 is 2.05 bits per heavy atom. The van der Waals surface area contributed by atoms with Crippen LogP contribution in [0.3, 0.4) is 0 Å². The van der Waals surface area contributed by atoms with E-state index in [1.807, 2.05) is 0 Å². The first-order valence-corrected chi connectivity index (χ1v) is 7.26. The average molecular weight is 287 g/mol. The molecule has 0 amide bonds. The van der Waals surface area contributed by atoms with E-state index in [1.165, 1.54) is 0 Å². The van der Waals surface area contributed by atoms with Crippen LogP contribution in [0.25, 0.3) is 11.0 Å². The third-order valence-corrected chi connectivity index (χ3v) is 3.52. The normalized spacial score (nSPS) is 19.4. The first-order chi connectivity index (χ1) is 9.90. The highest BCUT2D eigenvalue weighted by atomic mass is 16.3. The lowest BCUT2D eigenvalue weighted by Crippen LogP contribution is -2.45. The van der Waals surface area contributed by atoms with Gasteiger partial charge in [0.05, 0.1) is 11.7 Å². The van der Waals surface area contributed by atoms with E-state index in [1.54, 1.807) is 18.3 Å². The maximum absolute atomic E-state index is 9.37. The summed E-state index contributed by atoms with van der Waals surface area (Å²) in [4.78, 5) is 15.1. The summed E-state index contributed by atoms with van der Waals surface area (Å²) in [5, 5.41) is 13.0. The number of aromatic hydroxyl groups is 1. The van der Waals surface area contributed by atoms with Crippen LogP contribution in [0.15, 0.2) is 18.3 Å². The van der Waals surface area contributed by atoms with Gasteiger partial charge in [-0.1, -0.05) is 0 Å². The van der Waals surface area contributed by atoms with E-state index < -0.39 is 0 Å². The molecule has 1 atom stereocenters. The number of pyridine rings is 1. The number of hydrogen-bond donors (Lipinski definition) is 2. The fourth-order valence-electron chi connectivity index (χ4n) is 2.73. The molecule has 6 heteroatoms. The summed E-state index contributed by atoms with van der Waals surface area (Å²) in [6.45, 7) is 8.40. The second kappa shape index (κ2) is 5.11. The van der Waals surface area contributed by atoms with Gasteiger partial charge in [-0.3, -0.25) is 0 Å². The monoisotopic (exact) mass is 287 g/mol. The lowest BCUT2D eigenvalue weighted by Gasteiger charge is -2.26. The van der Waals surface area contributed by atoms with E-state index in [0.717, 1.165) is 31.0 Å². The third kappa shape index (κ3) is 3.21. The number of anilines is 1. The molecule has 6 nitrogen and oxygen atoms in total. The zero-order valence-corrected chi connectivity index (χ0v) is 12.7. The van der Waals surface area contributed by atoms with Crippen LogP contribution in [0, 0.1) is 0 Å². The average Bonchev–Trinajstić information content (AvgIpc) is 2.84. The molecule has 112 valence electrons. The number of rotatable bonds is 2. The molecule has 0 aromatic carbocycles. The first-order valence-electron chi connectivity index (χ1n) is 7.26. The van der Waals surface area contributed by atoms with Crippen molar-refractivity contribution in [2.75, 3.05) is 18.0 Å². The predicted molar refractivity (Wildman–Crippen MR) is 82.5 cm³/mol. The maximum atomic E-state index is 9.37. The fourth-order valence-corrected chi connectivity index (χ4v) is 2.73. The Morgan fingerprint density at radius 1 is 1.24 bits per heavy atom. The van der Waals surface area contributed by atoms with E-state index in [4.69, 9.17) is 0 Å². The van der Waals surface area contributed by atoms with Gasteiger partial charge in [-0.05, 0) is 33.3 Å². The zero-order chi connectivity index (χ0) is 15.0. The molecule has 1 aliphatic heterocycles. The van der Waals surface area contributed by atoms with Crippen molar-refractivity contribution < 1.29 is 5.11 Å². The molecule has 0 aliphatic carbocycles. The number of hydrogen-bond acceptors (Lipinski definition) is 6. The highest BCUT2D eigenvalue weighted by Gasteiger charge is 2.27. The van der Waals surface area contributed by atoms with Crippen molar-refractivity contribution in [1.29, 1.82) is 0 Å². The minimum Gasteiger partial charge on any atom is -0.493 e. The molecule has 3 rings (SSSR count). The standard InChI is InChI=1S/C15H21N5O/c1-15(2,3)19-10-6-7-20(9-10)14-16-8-12-11(18-14)4-5-13(21)17-12/h4-5,8,10,19H,6-7,9H2,1-3H3,(H,17,21). The van der Waals surface area contributed by atoms with Gasteiger partial charge >= 0.3 is 0 Å². The second-order valence-electron chi connectivity index (χ2n) is 6.57. The Kier molecular flexibility index (Phi) is 3.41. The van der Waals surface area contributed by atoms with Crippen molar-refractivity contribution in [3.05, 3.63) is 18.3 Å². The highest BCUT2D eigenvalue weighted by molar-refractivity contribution is 5.74. The Labute approximate surface area is 124 Å². The molecular formula is C15H21N5O. The van der Waals surface area contributed by atoms with Crippen LogP contribution in [0.4, 0.5) is 5.95 Å². The van der Waals surface area contributed by atoms with E-state index in [-0.39, 0.29) is 11.4 Å².